The van der Waals surface area contributed by atoms with E-state index in [1.165, 1.54) is 0 Å². The average molecular weight is 271 g/mol. The first kappa shape index (κ1) is 14.1. The Labute approximate surface area is 118 Å². The Morgan fingerprint density at radius 2 is 1.95 bits per heavy atom. The summed E-state index contributed by atoms with van der Waals surface area (Å²) in [6.07, 6.45) is 3.32. The maximum absolute atomic E-state index is 10.8. The fourth-order valence-corrected chi connectivity index (χ4v) is 2.23. The summed E-state index contributed by atoms with van der Waals surface area (Å²) in [4.78, 5) is 14.9. The zero-order valence-corrected chi connectivity index (χ0v) is 11.8. The highest BCUT2D eigenvalue weighted by Gasteiger charge is 2.09. The van der Waals surface area contributed by atoms with Crippen molar-refractivity contribution in [1.29, 1.82) is 0 Å². The van der Waals surface area contributed by atoms with Gasteiger partial charge in [0.05, 0.1) is 13.5 Å². The standard InChI is InChI=1S/C16H17NO3/c1-10-5-15(20-3)11(2)4-14(10)13-6-12(7-16(18)19)8-17-9-13/h4-6,8-9H,7H2,1-3H3,(H,18,19). The number of pyridine rings is 1. The van der Waals surface area contributed by atoms with Gasteiger partial charge in [-0.25, -0.2) is 0 Å². The molecule has 4 heteroatoms. The van der Waals surface area contributed by atoms with Crippen molar-refractivity contribution in [2.45, 2.75) is 20.3 Å². The summed E-state index contributed by atoms with van der Waals surface area (Å²) in [6.45, 7) is 3.98. The van der Waals surface area contributed by atoms with Crippen molar-refractivity contribution in [3.05, 3.63) is 47.3 Å². The second-order valence-electron chi connectivity index (χ2n) is 4.79. The summed E-state index contributed by atoms with van der Waals surface area (Å²) < 4.78 is 5.30. The van der Waals surface area contributed by atoms with E-state index in [1.54, 1.807) is 19.5 Å². The summed E-state index contributed by atoms with van der Waals surface area (Å²) in [7, 11) is 1.65. The minimum absolute atomic E-state index is 0.0188. The number of hydrogen-bond donors (Lipinski definition) is 1. The van der Waals surface area contributed by atoms with Crippen LogP contribution in [0.25, 0.3) is 11.1 Å². The van der Waals surface area contributed by atoms with Gasteiger partial charge in [-0.3, -0.25) is 9.78 Å². The van der Waals surface area contributed by atoms with Gasteiger partial charge >= 0.3 is 5.97 Å². The topological polar surface area (TPSA) is 59.4 Å². The number of ether oxygens (including phenoxy) is 1. The smallest absolute Gasteiger partial charge is 0.307 e. The van der Waals surface area contributed by atoms with Gasteiger partial charge < -0.3 is 9.84 Å². The van der Waals surface area contributed by atoms with Crippen LogP contribution in [0.3, 0.4) is 0 Å². The molecule has 104 valence electrons. The van der Waals surface area contributed by atoms with Crippen LogP contribution in [0.5, 0.6) is 5.75 Å². The van der Waals surface area contributed by atoms with Crippen molar-refractivity contribution in [2.75, 3.05) is 7.11 Å². The van der Waals surface area contributed by atoms with E-state index in [2.05, 4.69) is 4.98 Å². The second-order valence-corrected chi connectivity index (χ2v) is 4.79. The van der Waals surface area contributed by atoms with Gasteiger partial charge in [0.15, 0.2) is 0 Å². The van der Waals surface area contributed by atoms with E-state index in [4.69, 9.17) is 9.84 Å². The maximum Gasteiger partial charge on any atom is 0.307 e. The molecule has 20 heavy (non-hydrogen) atoms. The van der Waals surface area contributed by atoms with Crippen LogP contribution in [0.4, 0.5) is 0 Å². The minimum atomic E-state index is -0.855. The van der Waals surface area contributed by atoms with Gasteiger partial charge in [0.25, 0.3) is 0 Å². The Morgan fingerprint density at radius 3 is 2.60 bits per heavy atom. The Morgan fingerprint density at radius 1 is 1.20 bits per heavy atom. The van der Waals surface area contributed by atoms with Crippen LogP contribution in [0.1, 0.15) is 16.7 Å². The molecule has 0 saturated carbocycles. The Kier molecular flexibility index (Phi) is 4.03. The van der Waals surface area contributed by atoms with Crippen molar-refractivity contribution >= 4 is 5.97 Å². The third-order valence-electron chi connectivity index (χ3n) is 3.20. The van der Waals surface area contributed by atoms with Crippen LogP contribution in [0, 0.1) is 13.8 Å². The number of nitrogens with zero attached hydrogens (tertiary/aromatic N) is 1. The second kappa shape index (κ2) is 5.74. The predicted octanol–water partition coefficient (Wildman–Crippen LogP) is 3.00. The molecule has 0 atom stereocenters. The number of methoxy groups -OCH3 is 1. The van der Waals surface area contributed by atoms with E-state index >= 15 is 0 Å². The van der Waals surface area contributed by atoms with E-state index in [9.17, 15) is 4.79 Å². The maximum atomic E-state index is 10.8. The molecule has 0 unspecified atom stereocenters. The SMILES string of the molecule is COc1cc(C)c(-c2cncc(CC(=O)O)c2)cc1C. The van der Waals surface area contributed by atoms with Crippen molar-refractivity contribution in [3.8, 4) is 16.9 Å². The van der Waals surface area contributed by atoms with Crippen LogP contribution < -0.4 is 4.74 Å². The molecule has 1 heterocycles. The molecule has 0 radical (unpaired) electrons. The molecule has 2 aromatic rings. The summed E-state index contributed by atoms with van der Waals surface area (Å²) in [5, 5.41) is 8.85. The van der Waals surface area contributed by atoms with Crippen molar-refractivity contribution in [2.24, 2.45) is 0 Å². The van der Waals surface area contributed by atoms with Crippen LogP contribution in [-0.4, -0.2) is 23.2 Å². The first-order valence-corrected chi connectivity index (χ1v) is 6.32. The Balaban J connectivity index is 2.46. The molecule has 0 fully saturated rings. The number of carbonyl (C=O) groups is 1. The zero-order valence-electron chi connectivity index (χ0n) is 11.8. The van der Waals surface area contributed by atoms with Crippen molar-refractivity contribution in [3.63, 3.8) is 0 Å². The lowest BCUT2D eigenvalue weighted by molar-refractivity contribution is -0.136. The molecule has 0 aliphatic rings. The van der Waals surface area contributed by atoms with E-state index in [1.807, 2.05) is 32.0 Å². The fourth-order valence-electron chi connectivity index (χ4n) is 2.23. The molecule has 4 nitrogen and oxygen atoms in total. The van der Waals surface area contributed by atoms with Gasteiger partial charge in [-0.2, -0.15) is 0 Å². The highest BCUT2D eigenvalue weighted by atomic mass is 16.5. The van der Waals surface area contributed by atoms with E-state index in [0.717, 1.165) is 28.0 Å². The number of aryl methyl sites for hydroxylation is 2. The Hall–Kier alpha value is -2.36. The van der Waals surface area contributed by atoms with E-state index in [-0.39, 0.29) is 6.42 Å². The van der Waals surface area contributed by atoms with E-state index < -0.39 is 5.97 Å². The van der Waals surface area contributed by atoms with Crippen LogP contribution in [-0.2, 0) is 11.2 Å². The number of aromatic nitrogens is 1. The van der Waals surface area contributed by atoms with Crippen LogP contribution >= 0.6 is 0 Å². The number of benzene rings is 1. The quantitative estimate of drug-likeness (QED) is 0.928. The zero-order chi connectivity index (χ0) is 14.7. The number of carboxylic acid groups (broad SMARTS) is 1. The molecule has 1 N–H and O–H groups in total. The highest BCUT2D eigenvalue weighted by Crippen LogP contribution is 2.30. The summed E-state index contributed by atoms with van der Waals surface area (Å²) in [6, 6.07) is 5.89. The van der Waals surface area contributed by atoms with Gasteiger partial charge in [-0.05, 0) is 54.3 Å². The van der Waals surface area contributed by atoms with Crippen LogP contribution in [0.15, 0.2) is 30.6 Å². The first-order valence-electron chi connectivity index (χ1n) is 6.32. The molecule has 0 bridgehead atoms. The predicted molar refractivity (Wildman–Crippen MR) is 77.0 cm³/mol. The minimum Gasteiger partial charge on any atom is -0.496 e. The van der Waals surface area contributed by atoms with Gasteiger partial charge in [0, 0.05) is 18.0 Å². The van der Waals surface area contributed by atoms with Gasteiger partial charge in [-0.1, -0.05) is 0 Å². The Bertz CT molecular complexity index is 650. The summed E-state index contributed by atoms with van der Waals surface area (Å²) in [5.41, 5.74) is 4.77. The molecule has 0 aliphatic carbocycles. The summed E-state index contributed by atoms with van der Waals surface area (Å²) >= 11 is 0. The van der Waals surface area contributed by atoms with Crippen molar-refractivity contribution < 1.29 is 14.6 Å². The number of aliphatic carboxylic acids is 1. The molecular weight excluding hydrogens is 254 g/mol. The lowest BCUT2D eigenvalue weighted by Gasteiger charge is -2.12. The highest BCUT2D eigenvalue weighted by molar-refractivity contribution is 5.73. The molecular formula is C16H17NO3. The summed E-state index contributed by atoms with van der Waals surface area (Å²) in [5.74, 6) is -0.00696. The first-order chi connectivity index (χ1) is 9.51. The molecule has 0 spiro atoms. The third kappa shape index (κ3) is 2.96. The fraction of sp³-hybridized carbons (Fsp3) is 0.250. The average Bonchev–Trinajstić information content (AvgIpc) is 2.40. The normalized spacial score (nSPS) is 10.3. The number of rotatable bonds is 4. The molecule has 0 amide bonds. The van der Waals surface area contributed by atoms with Crippen LogP contribution in [0.2, 0.25) is 0 Å². The molecule has 0 saturated heterocycles. The largest absolute Gasteiger partial charge is 0.496 e. The molecule has 1 aromatic heterocycles. The third-order valence-corrected chi connectivity index (χ3v) is 3.20. The van der Waals surface area contributed by atoms with Gasteiger partial charge in [0.1, 0.15) is 5.75 Å². The molecule has 2 rings (SSSR count). The number of hydrogen-bond acceptors (Lipinski definition) is 3. The monoisotopic (exact) mass is 271 g/mol. The number of carboxylic acids is 1. The van der Waals surface area contributed by atoms with Gasteiger partial charge in [0.2, 0.25) is 0 Å². The molecule has 1 aromatic carbocycles. The van der Waals surface area contributed by atoms with Crippen molar-refractivity contribution in [1.82, 2.24) is 4.98 Å². The lowest BCUT2D eigenvalue weighted by atomic mass is 9.97. The molecule has 0 aliphatic heterocycles. The van der Waals surface area contributed by atoms with E-state index in [0.29, 0.717) is 5.56 Å². The lowest BCUT2D eigenvalue weighted by Crippen LogP contribution is -2.01. The van der Waals surface area contributed by atoms with Gasteiger partial charge in [-0.15, -0.1) is 0 Å².